The standard InChI is InChI=1S/C17H22N2O/c1-4-6-17(18-13-16-7-5-12-20-16)14-8-10-15(11-9-14)19(2)3/h4-5,7-12,17-18H,1,6,13H2,2-3H3/t17-/m0/s1. The van der Waals surface area contributed by atoms with Crippen LogP contribution in [0.3, 0.4) is 0 Å². The number of rotatable bonds is 7. The Morgan fingerprint density at radius 1 is 1.25 bits per heavy atom. The average molecular weight is 270 g/mol. The van der Waals surface area contributed by atoms with Gasteiger partial charge in [-0.05, 0) is 36.2 Å². The summed E-state index contributed by atoms with van der Waals surface area (Å²) in [6, 6.07) is 12.8. The molecule has 3 nitrogen and oxygen atoms in total. The van der Waals surface area contributed by atoms with Gasteiger partial charge in [-0.25, -0.2) is 0 Å². The first-order valence-corrected chi connectivity index (χ1v) is 6.84. The van der Waals surface area contributed by atoms with Gasteiger partial charge in [0.15, 0.2) is 0 Å². The Kier molecular flexibility index (Phi) is 5.02. The quantitative estimate of drug-likeness (QED) is 0.777. The van der Waals surface area contributed by atoms with Crippen LogP contribution in [0.25, 0.3) is 0 Å². The highest BCUT2D eigenvalue weighted by Crippen LogP contribution is 2.21. The van der Waals surface area contributed by atoms with E-state index in [1.54, 1.807) is 6.26 Å². The molecule has 3 heteroatoms. The lowest BCUT2D eigenvalue weighted by Gasteiger charge is -2.19. The summed E-state index contributed by atoms with van der Waals surface area (Å²) in [4.78, 5) is 2.10. The minimum Gasteiger partial charge on any atom is -0.468 e. The summed E-state index contributed by atoms with van der Waals surface area (Å²) in [5.41, 5.74) is 2.47. The van der Waals surface area contributed by atoms with E-state index in [1.165, 1.54) is 11.3 Å². The van der Waals surface area contributed by atoms with Crippen LogP contribution in [0.5, 0.6) is 0 Å². The second-order valence-electron chi connectivity index (χ2n) is 5.02. The predicted molar refractivity (Wildman–Crippen MR) is 83.9 cm³/mol. The molecule has 0 saturated heterocycles. The molecule has 20 heavy (non-hydrogen) atoms. The van der Waals surface area contributed by atoms with Gasteiger partial charge in [0.2, 0.25) is 0 Å². The highest BCUT2D eigenvalue weighted by Gasteiger charge is 2.10. The molecule has 0 amide bonds. The van der Waals surface area contributed by atoms with Crippen molar-refractivity contribution in [3.8, 4) is 0 Å². The summed E-state index contributed by atoms with van der Waals surface area (Å²) >= 11 is 0. The van der Waals surface area contributed by atoms with Gasteiger partial charge in [0.25, 0.3) is 0 Å². The Balaban J connectivity index is 2.05. The molecule has 1 aromatic heterocycles. The maximum Gasteiger partial charge on any atom is 0.117 e. The van der Waals surface area contributed by atoms with Crippen LogP contribution >= 0.6 is 0 Å². The molecular weight excluding hydrogens is 248 g/mol. The molecule has 0 aliphatic heterocycles. The van der Waals surface area contributed by atoms with E-state index in [4.69, 9.17) is 4.42 Å². The normalized spacial score (nSPS) is 12.1. The van der Waals surface area contributed by atoms with Gasteiger partial charge in [0.05, 0.1) is 12.8 Å². The zero-order valence-corrected chi connectivity index (χ0v) is 12.2. The van der Waals surface area contributed by atoms with Crippen LogP contribution in [-0.4, -0.2) is 14.1 Å². The number of nitrogens with one attached hydrogen (secondary N) is 1. The largest absolute Gasteiger partial charge is 0.468 e. The lowest BCUT2D eigenvalue weighted by Crippen LogP contribution is -2.20. The highest BCUT2D eigenvalue weighted by atomic mass is 16.3. The van der Waals surface area contributed by atoms with E-state index in [2.05, 4.69) is 41.1 Å². The maximum absolute atomic E-state index is 5.35. The third kappa shape index (κ3) is 3.75. The van der Waals surface area contributed by atoms with E-state index in [0.29, 0.717) is 0 Å². The van der Waals surface area contributed by atoms with E-state index in [0.717, 1.165) is 18.7 Å². The smallest absolute Gasteiger partial charge is 0.117 e. The van der Waals surface area contributed by atoms with E-state index >= 15 is 0 Å². The van der Waals surface area contributed by atoms with Crippen molar-refractivity contribution in [3.63, 3.8) is 0 Å². The zero-order chi connectivity index (χ0) is 14.4. The molecule has 0 unspecified atom stereocenters. The number of hydrogen-bond acceptors (Lipinski definition) is 3. The van der Waals surface area contributed by atoms with Crippen molar-refractivity contribution in [3.05, 3.63) is 66.6 Å². The van der Waals surface area contributed by atoms with E-state index < -0.39 is 0 Å². The van der Waals surface area contributed by atoms with Gasteiger partial charge in [-0.2, -0.15) is 0 Å². The van der Waals surface area contributed by atoms with Crippen LogP contribution in [-0.2, 0) is 6.54 Å². The number of hydrogen-bond donors (Lipinski definition) is 1. The van der Waals surface area contributed by atoms with Gasteiger partial charge in [0.1, 0.15) is 5.76 Å². The molecule has 0 aliphatic carbocycles. The van der Waals surface area contributed by atoms with Crippen molar-refractivity contribution in [2.75, 3.05) is 19.0 Å². The topological polar surface area (TPSA) is 28.4 Å². The van der Waals surface area contributed by atoms with Crippen LogP contribution in [0, 0.1) is 0 Å². The minimum absolute atomic E-state index is 0.258. The number of nitrogens with zero attached hydrogens (tertiary/aromatic N) is 1. The van der Waals surface area contributed by atoms with Crippen molar-refractivity contribution in [2.24, 2.45) is 0 Å². The van der Waals surface area contributed by atoms with Gasteiger partial charge in [-0.3, -0.25) is 0 Å². The Bertz CT molecular complexity index is 514. The van der Waals surface area contributed by atoms with E-state index in [9.17, 15) is 0 Å². The van der Waals surface area contributed by atoms with E-state index in [1.807, 2.05) is 32.3 Å². The molecule has 0 spiro atoms. The zero-order valence-electron chi connectivity index (χ0n) is 12.2. The molecule has 2 rings (SSSR count). The third-order valence-corrected chi connectivity index (χ3v) is 3.32. The summed E-state index contributed by atoms with van der Waals surface area (Å²) < 4.78 is 5.35. The second kappa shape index (κ2) is 6.96. The Morgan fingerprint density at radius 3 is 2.55 bits per heavy atom. The summed E-state index contributed by atoms with van der Waals surface area (Å²) in [6.45, 7) is 4.57. The predicted octanol–water partition coefficient (Wildman–Crippen LogP) is 3.75. The van der Waals surface area contributed by atoms with Crippen LogP contribution in [0.1, 0.15) is 23.8 Å². The van der Waals surface area contributed by atoms with Crippen molar-refractivity contribution >= 4 is 5.69 Å². The highest BCUT2D eigenvalue weighted by molar-refractivity contribution is 5.46. The summed E-state index contributed by atoms with van der Waals surface area (Å²) in [6.07, 6.45) is 4.53. The van der Waals surface area contributed by atoms with Crippen molar-refractivity contribution in [1.29, 1.82) is 0 Å². The van der Waals surface area contributed by atoms with Gasteiger partial charge < -0.3 is 14.6 Å². The Labute approximate surface area is 120 Å². The van der Waals surface area contributed by atoms with Crippen LogP contribution in [0.4, 0.5) is 5.69 Å². The molecule has 0 saturated carbocycles. The third-order valence-electron chi connectivity index (χ3n) is 3.32. The molecule has 0 bridgehead atoms. The molecule has 0 radical (unpaired) electrons. The molecule has 0 aliphatic rings. The van der Waals surface area contributed by atoms with Crippen LogP contribution < -0.4 is 10.2 Å². The van der Waals surface area contributed by atoms with Gasteiger partial charge in [0, 0.05) is 25.8 Å². The molecule has 1 N–H and O–H groups in total. The lowest BCUT2D eigenvalue weighted by molar-refractivity contribution is 0.450. The first-order chi connectivity index (χ1) is 9.70. The van der Waals surface area contributed by atoms with Crippen molar-refractivity contribution < 1.29 is 4.42 Å². The number of anilines is 1. The van der Waals surface area contributed by atoms with Gasteiger partial charge >= 0.3 is 0 Å². The molecule has 2 aromatic rings. The fourth-order valence-electron chi connectivity index (χ4n) is 2.15. The molecule has 0 fully saturated rings. The Hall–Kier alpha value is -2.00. The summed E-state index contributed by atoms with van der Waals surface area (Å²) in [5.74, 6) is 0.948. The fourth-order valence-corrected chi connectivity index (χ4v) is 2.15. The minimum atomic E-state index is 0.258. The molecule has 1 aromatic carbocycles. The fraction of sp³-hybridized carbons (Fsp3) is 0.294. The summed E-state index contributed by atoms with van der Waals surface area (Å²) in [7, 11) is 4.09. The second-order valence-corrected chi connectivity index (χ2v) is 5.02. The molecule has 1 atom stereocenters. The lowest BCUT2D eigenvalue weighted by atomic mass is 10.0. The SMILES string of the molecule is C=CC[C@H](NCc1ccco1)c1ccc(N(C)C)cc1. The van der Waals surface area contributed by atoms with Crippen LogP contribution in [0.2, 0.25) is 0 Å². The van der Waals surface area contributed by atoms with Crippen molar-refractivity contribution in [2.45, 2.75) is 19.0 Å². The Morgan fingerprint density at radius 2 is 2.00 bits per heavy atom. The van der Waals surface area contributed by atoms with E-state index in [-0.39, 0.29) is 6.04 Å². The first-order valence-electron chi connectivity index (χ1n) is 6.84. The number of furan rings is 1. The average Bonchev–Trinajstić information content (AvgIpc) is 2.97. The molecule has 1 heterocycles. The molecular formula is C17H22N2O. The molecule has 106 valence electrons. The summed E-state index contributed by atoms with van der Waals surface area (Å²) in [5, 5.41) is 3.51. The number of benzene rings is 1. The van der Waals surface area contributed by atoms with Crippen LogP contribution in [0.15, 0.2) is 59.7 Å². The maximum atomic E-state index is 5.35. The van der Waals surface area contributed by atoms with Crippen molar-refractivity contribution in [1.82, 2.24) is 5.32 Å². The monoisotopic (exact) mass is 270 g/mol. The van der Waals surface area contributed by atoms with Gasteiger partial charge in [-0.15, -0.1) is 6.58 Å². The van der Waals surface area contributed by atoms with Gasteiger partial charge in [-0.1, -0.05) is 18.2 Å². The first kappa shape index (κ1) is 14.4.